The molecule has 76 valence electrons. The minimum Gasteiger partial charge on any atom is -0.453 e. The maximum atomic E-state index is 11.1. The third-order valence-electron chi connectivity index (χ3n) is 2.28. The van der Waals surface area contributed by atoms with E-state index in [1.54, 1.807) is 4.90 Å². The van der Waals surface area contributed by atoms with Gasteiger partial charge in [-0.1, -0.05) is 0 Å². The van der Waals surface area contributed by atoms with Crippen LogP contribution in [-0.4, -0.2) is 37.8 Å². The molecule has 0 radical (unpaired) electrons. The Labute approximate surface area is 77.7 Å². The standard InChI is InChI=1S/C8H16N2O3/c1-12-8(11)10-4-2-3-7(5-10)6-13-9/h7H,2-6,9H2,1H3. The molecule has 0 bridgehead atoms. The quantitative estimate of drug-likeness (QED) is 0.635. The molecule has 0 aromatic heterocycles. The van der Waals surface area contributed by atoms with Crippen LogP contribution in [0.15, 0.2) is 0 Å². The lowest BCUT2D eigenvalue weighted by molar-refractivity contribution is 0.0544. The van der Waals surface area contributed by atoms with E-state index in [2.05, 4.69) is 9.57 Å². The van der Waals surface area contributed by atoms with E-state index in [0.717, 1.165) is 19.4 Å². The fourth-order valence-electron chi connectivity index (χ4n) is 1.63. The third kappa shape index (κ3) is 2.86. The zero-order valence-electron chi connectivity index (χ0n) is 7.86. The lowest BCUT2D eigenvalue weighted by Crippen LogP contribution is -2.41. The highest BCUT2D eigenvalue weighted by Gasteiger charge is 2.23. The van der Waals surface area contributed by atoms with E-state index in [0.29, 0.717) is 19.1 Å². The molecule has 1 heterocycles. The van der Waals surface area contributed by atoms with E-state index in [-0.39, 0.29) is 6.09 Å². The first-order chi connectivity index (χ1) is 6.27. The Morgan fingerprint density at radius 2 is 2.46 bits per heavy atom. The maximum Gasteiger partial charge on any atom is 0.409 e. The molecule has 5 nitrogen and oxygen atoms in total. The molecule has 1 atom stereocenters. The van der Waals surface area contributed by atoms with E-state index < -0.39 is 0 Å². The smallest absolute Gasteiger partial charge is 0.409 e. The summed E-state index contributed by atoms with van der Waals surface area (Å²) in [6.45, 7) is 1.96. The summed E-state index contributed by atoms with van der Waals surface area (Å²) in [5, 5.41) is 0. The van der Waals surface area contributed by atoms with Crippen LogP contribution in [0.4, 0.5) is 4.79 Å². The molecule has 5 heteroatoms. The first-order valence-electron chi connectivity index (χ1n) is 4.42. The van der Waals surface area contributed by atoms with Crippen LogP contribution in [0.1, 0.15) is 12.8 Å². The minimum atomic E-state index is -0.262. The van der Waals surface area contributed by atoms with E-state index in [4.69, 9.17) is 5.90 Å². The fraction of sp³-hybridized carbons (Fsp3) is 0.875. The summed E-state index contributed by atoms with van der Waals surface area (Å²) in [7, 11) is 1.39. The molecule has 0 spiro atoms. The predicted octanol–water partition coefficient (Wildman–Crippen LogP) is 0.355. The SMILES string of the molecule is COC(=O)N1CCCC(CON)C1. The Morgan fingerprint density at radius 1 is 1.69 bits per heavy atom. The summed E-state index contributed by atoms with van der Waals surface area (Å²) in [6.07, 6.45) is 1.79. The Kier molecular flexibility index (Phi) is 3.98. The number of carbonyl (C=O) groups is 1. The van der Waals surface area contributed by atoms with Crippen molar-refractivity contribution < 1.29 is 14.4 Å². The molecule has 1 saturated heterocycles. The van der Waals surface area contributed by atoms with Crippen molar-refractivity contribution in [3.05, 3.63) is 0 Å². The number of likely N-dealkylation sites (tertiary alicyclic amines) is 1. The molecule has 1 amide bonds. The van der Waals surface area contributed by atoms with Crippen LogP contribution >= 0.6 is 0 Å². The lowest BCUT2D eigenvalue weighted by atomic mass is 9.99. The molecule has 1 fully saturated rings. The first-order valence-corrected chi connectivity index (χ1v) is 4.42. The van der Waals surface area contributed by atoms with Gasteiger partial charge in [0.1, 0.15) is 0 Å². The minimum absolute atomic E-state index is 0.262. The summed E-state index contributed by atoms with van der Waals surface area (Å²) >= 11 is 0. The van der Waals surface area contributed by atoms with Gasteiger partial charge in [-0.2, -0.15) is 0 Å². The van der Waals surface area contributed by atoms with Crippen molar-refractivity contribution in [1.82, 2.24) is 4.90 Å². The number of piperidine rings is 1. The number of methoxy groups -OCH3 is 1. The number of nitrogens with two attached hydrogens (primary N) is 1. The Balaban J connectivity index is 2.37. The van der Waals surface area contributed by atoms with Gasteiger partial charge in [0.05, 0.1) is 13.7 Å². The van der Waals surface area contributed by atoms with Crippen molar-refractivity contribution in [1.29, 1.82) is 0 Å². The van der Waals surface area contributed by atoms with Gasteiger partial charge in [-0.15, -0.1) is 0 Å². The van der Waals surface area contributed by atoms with Crippen LogP contribution in [0.3, 0.4) is 0 Å². The number of ether oxygens (including phenoxy) is 1. The zero-order valence-corrected chi connectivity index (χ0v) is 7.86. The molecule has 1 aliphatic rings. The van der Waals surface area contributed by atoms with Crippen LogP contribution in [0.25, 0.3) is 0 Å². The monoisotopic (exact) mass is 188 g/mol. The molecule has 1 aliphatic heterocycles. The van der Waals surface area contributed by atoms with Crippen LogP contribution in [0, 0.1) is 5.92 Å². The summed E-state index contributed by atoms with van der Waals surface area (Å²) in [6, 6.07) is 0. The van der Waals surface area contributed by atoms with Crippen LogP contribution in [0.2, 0.25) is 0 Å². The molecule has 0 aliphatic carbocycles. The first kappa shape index (κ1) is 10.3. The molecular formula is C8H16N2O3. The molecular weight excluding hydrogens is 172 g/mol. The number of hydrogen-bond donors (Lipinski definition) is 1. The molecule has 0 saturated carbocycles. The van der Waals surface area contributed by atoms with Gasteiger partial charge in [0.2, 0.25) is 0 Å². The second kappa shape index (κ2) is 5.04. The van der Waals surface area contributed by atoms with E-state index in [1.807, 2.05) is 0 Å². The Hall–Kier alpha value is -0.810. The van der Waals surface area contributed by atoms with Gasteiger partial charge in [-0.3, -0.25) is 0 Å². The Morgan fingerprint density at radius 3 is 3.08 bits per heavy atom. The molecule has 2 N–H and O–H groups in total. The number of carbonyl (C=O) groups excluding carboxylic acids is 1. The van der Waals surface area contributed by atoms with Gasteiger partial charge in [-0.25, -0.2) is 10.7 Å². The van der Waals surface area contributed by atoms with Gasteiger partial charge < -0.3 is 14.5 Å². The maximum absolute atomic E-state index is 11.1. The average molecular weight is 188 g/mol. The van der Waals surface area contributed by atoms with E-state index in [1.165, 1.54) is 7.11 Å². The van der Waals surface area contributed by atoms with Crippen molar-refractivity contribution in [2.75, 3.05) is 26.8 Å². The second-order valence-electron chi connectivity index (χ2n) is 3.26. The van der Waals surface area contributed by atoms with Crippen LogP contribution in [-0.2, 0) is 9.57 Å². The van der Waals surface area contributed by atoms with Gasteiger partial charge in [0.15, 0.2) is 0 Å². The largest absolute Gasteiger partial charge is 0.453 e. The normalized spacial score (nSPS) is 22.9. The zero-order chi connectivity index (χ0) is 9.68. The van der Waals surface area contributed by atoms with E-state index >= 15 is 0 Å². The topological polar surface area (TPSA) is 64.8 Å². The van der Waals surface area contributed by atoms with Gasteiger partial charge in [-0.05, 0) is 12.8 Å². The van der Waals surface area contributed by atoms with E-state index in [9.17, 15) is 4.79 Å². The summed E-state index contributed by atoms with van der Waals surface area (Å²) in [5.74, 6) is 5.32. The van der Waals surface area contributed by atoms with Gasteiger partial charge in [0.25, 0.3) is 0 Å². The van der Waals surface area contributed by atoms with Crippen molar-refractivity contribution in [3.8, 4) is 0 Å². The lowest BCUT2D eigenvalue weighted by Gasteiger charge is -2.30. The highest BCUT2D eigenvalue weighted by atomic mass is 16.6. The number of nitrogens with zero attached hydrogens (tertiary/aromatic N) is 1. The summed E-state index contributed by atoms with van der Waals surface area (Å²) in [5.41, 5.74) is 0. The highest BCUT2D eigenvalue weighted by molar-refractivity contribution is 5.67. The summed E-state index contributed by atoms with van der Waals surface area (Å²) < 4.78 is 4.63. The van der Waals surface area contributed by atoms with Crippen LogP contribution < -0.4 is 5.90 Å². The van der Waals surface area contributed by atoms with Gasteiger partial charge >= 0.3 is 6.09 Å². The van der Waals surface area contributed by atoms with Crippen molar-refractivity contribution in [2.45, 2.75) is 12.8 Å². The Bertz CT molecular complexity index is 173. The molecule has 0 aromatic rings. The third-order valence-corrected chi connectivity index (χ3v) is 2.28. The second-order valence-corrected chi connectivity index (χ2v) is 3.26. The highest BCUT2D eigenvalue weighted by Crippen LogP contribution is 2.16. The molecule has 13 heavy (non-hydrogen) atoms. The van der Waals surface area contributed by atoms with Crippen molar-refractivity contribution >= 4 is 6.09 Å². The number of rotatable bonds is 2. The molecule has 0 aromatic carbocycles. The van der Waals surface area contributed by atoms with Gasteiger partial charge in [0, 0.05) is 19.0 Å². The van der Waals surface area contributed by atoms with Crippen LogP contribution in [0.5, 0.6) is 0 Å². The van der Waals surface area contributed by atoms with Crippen molar-refractivity contribution in [2.24, 2.45) is 11.8 Å². The number of hydrogen-bond acceptors (Lipinski definition) is 4. The molecule has 1 rings (SSSR count). The predicted molar refractivity (Wildman–Crippen MR) is 46.8 cm³/mol. The summed E-state index contributed by atoms with van der Waals surface area (Å²) in [4.78, 5) is 17.4. The number of amides is 1. The molecule has 1 unspecified atom stereocenters. The van der Waals surface area contributed by atoms with Crippen molar-refractivity contribution in [3.63, 3.8) is 0 Å². The fourth-order valence-corrected chi connectivity index (χ4v) is 1.63. The average Bonchev–Trinajstić information content (AvgIpc) is 2.18.